The zero-order chi connectivity index (χ0) is 21.3. The Morgan fingerprint density at radius 1 is 1.20 bits per heavy atom. The average Bonchev–Trinajstić information content (AvgIpc) is 3.21. The van der Waals surface area contributed by atoms with Gasteiger partial charge in [-0.2, -0.15) is 0 Å². The van der Waals surface area contributed by atoms with E-state index >= 15 is 0 Å². The van der Waals surface area contributed by atoms with Gasteiger partial charge in [0.25, 0.3) is 5.91 Å². The number of nitrogens with one attached hydrogen (secondary N) is 2. The molecule has 1 saturated heterocycles. The Morgan fingerprint density at radius 2 is 1.93 bits per heavy atom. The van der Waals surface area contributed by atoms with E-state index in [4.69, 9.17) is 4.74 Å². The molecule has 0 bridgehead atoms. The zero-order valence-electron chi connectivity index (χ0n) is 16.9. The predicted molar refractivity (Wildman–Crippen MR) is 115 cm³/mol. The van der Waals surface area contributed by atoms with Crippen LogP contribution in [0.2, 0.25) is 0 Å². The number of carbonyl (C=O) groups excluding carboxylic acids is 3. The second kappa shape index (κ2) is 10.7. The van der Waals surface area contributed by atoms with Crippen molar-refractivity contribution in [1.29, 1.82) is 0 Å². The summed E-state index contributed by atoms with van der Waals surface area (Å²) in [5, 5.41) is 8.18. The summed E-state index contributed by atoms with van der Waals surface area (Å²) in [6.45, 7) is 3.32. The molecule has 1 aliphatic rings. The van der Waals surface area contributed by atoms with E-state index in [1.807, 2.05) is 23.6 Å². The second-order valence-electron chi connectivity index (χ2n) is 6.99. The number of rotatable bonds is 7. The van der Waals surface area contributed by atoms with E-state index in [2.05, 4.69) is 15.6 Å². The number of thiazole rings is 1. The van der Waals surface area contributed by atoms with Crippen LogP contribution in [0.1, 0.15) is 42.2 Å². The van der Waals surface area contributed by atoms with Crippen molar-refractivity contribution in [2.75, 3.05) is 25.0 Å². The third-order valence-corrected chi connectivity index (χ3v) is 5.61. The van der Waals surface area contributed by atoms with Crippen LogP contribution in [0.4, 0.5) is 9.93 Å². The van der Waals surface area contributed by atoms with E-state index in [-0.39, 0.29) is 23.9 Å². The topological polar surface area (TPSA) is 101 Å². The zero-order valence-corrected chi connectivity index (χ0v) is 17.7. The maximum atomic E-state index is 12.3. The minimum Gasteiger partial charge on any atom is -0.450 e. The summed E-state index contributed by atoms with van der Waals surface area (Å²) >= 11 is 1.34. The van der Waals surface area contributed by atoms with Crippen LogP contribution in [-0.2, 0) is 16.0 Å². The molecule has 3 rings (SSSR count). The van der Waals surface area contributed by atoms with Gasteiger partial charge in [0.05, 0.1) is 12.3 Å². The lowest BCUT2D eigenvalue weighted by Gasteiger charge is -2.31. The molecule has 30 heavy (non-hydrogen) atoms. The van der Waals surface area contributed by atoms with Crippen LogP contribution in [0.3, 0.4) is 0 Å². The van der Waals surface area contributed by atoms with E-state index in [9.17, 15) is 14.4 Å². The van der Waals surface area contributed by atoms with Gasteiger partial charge in [-0.25, -0.2) is 9.78 Å². The van der Waals surface area contributed by atoms with Gasteiger partial charge in [0.15, 0.2) is 5.13 Å². The van der Waals surface area contributed by atoms with E-state index in [0.717, 1.165) is 18.5 Å². The van der Waals surface area contributed by atoms with Crippen molar-refractivity contribution in [2.45, 2.75) is 38.6 Å². The normalized spacial score (nSPS) is 14.2. The first-order valence-corrected chi connectivity index (χ1v) is 10.9. The predicted octanol–water partition coefficient (Wildman–Crippen LogP) is 3.07. The van der Waals surface area contributed by atoms with Gasteiger partial charge in [0.2, 0.25) is 5.91 Å². The number of piperidine rings is 1. The van der Waals surface area contributed by atoms with Crippen molar-refractivity contribution in [3.05, 3.63) is 47.0 Å². The van der Waals surface area contributed by atoms with Crippen LogP contribution in [0, 0.1) is 0 Å². The number of benzene rings is 1. The van der Waals surface area contributed by atoms with Gasteiger partial charge in [0.1, 0.15) is 0 Å². The maximum Gasteiger partial charge on any atom is 0.409 e. The molecule has 0 saturated carbocycles. The summed E-state index contributed by atoms with van der Waals surface area (Å²) in [5.41, 5.74) is 1.35. The lowest BCUT2D eigenvalue weighted by molar-refractivity contribution is -0.122. The minimum absolute atomic E-state index is 0.0348. The maximum absolute atomic E-state index is 12.3. The van der Waals surface area contributed by atoms with Gasteiger partial charge in [-0.1, -0.05) is 18.2 Å². The van der Waals surface area contributed by atoms with E-state index in [1.54, 1.807) is 24.0 Å². The number of carbonyl (C=O) groups is 3. The third kappa shape index (κ3) is 6.28. The summed E-state index contributed by atoms with van der Waals surface area (Å²) in [5.74, 6) is -0.240. The fourth-order valence-corrected chi connectivity index (χ4v) is 3.94. The molecule has 9 heteroatoms. The van der Waals surface area contributed by atoms with Crippen LogP contribution in [0.15, 0.2) is 35.7 Å². The monoisotopic (exact) mass is 430 g/mol. The minimum atomic E-state index is -0.291. The highest BCUT2D eigenvalue weighted by Crippen LogP contribution is 2.18. The molecular weight excluding hydrogens is 404 g/mol. The van der Waals surface area contributed by atoms with E-state index < -0.39 is 0 Å². The van der Waals surface area contributed by atoms with Crippen molar-refractivity contribution in [2.24, 2.45) is 0 Å². The Kier molecular flexibility index (Phi) is 7.78. The summed E-state index contributed by atoms with van der Waals surface area (Å²) in [6.07, 6.45) is 1.98. The number of hydrogen-bond donors (Lipinski definition) is 2. The second-order valence-corrected chi connectivity index (χ2v) is 7.85. The fourth-order valence-electron chi connectivity index (χ4n) is 3.20. The molecule has 0 unspecified atom stereocenters. The molecule has 160 valence electrons. The largest absolute Gasteiger partial charge is 0.450 e. The number of amides is 3. The van der Waals surface area contributed by atoms with Crippen LogP contribution in [-0.4, -0.2) is 53.5 Å². The number of hydrogen-bond acceptors (Lipinski definition) is 6. The molecule has 0 radical (unpaired) electrons. The van der Waals surface area contributed by atoms with Gasteiger partial charge in [-0.05, 0) is 38.3 Å². The molecule has 2 heterocycles. The SMILES string of the molecule is CCOC(=O)N1CCC(NC(=O)CCc2csc(NC(=O)c3ccccc3)n2)CC1. The molecule has 1 aliphatic heterocycles. The summed E-state index contributed by atoms with van der Waals surface area (Å²) in [6, 6.07) is 9.02. The number of anilines is 1. The summed E-state index contributed by atoms with van der Waals surface area (Å²) in [4.78, 5) is 42.2. The van der Waals surface area contributed by atoms with E-state index in [1.165, 1.54) is 11.3 Å². The molecule has 0 atom stereocenters. The van der Waals surface area contributed by atoms with Crippen molar-refractivity contribution in [3.63, 3.8) is 0 Å². The first kappa shape index (κ1) is 21.8. The van der Waals surface area contributed by atoms with Crippen LogP contribution >= 0.6 is 11.3 Å². The molecule has 3 amide bonds. The van der Waals surface area contributed by atoms with Crippen LogP contribution < -0.4 is 10.6 Å². The Balaban J connectivity index is 1.38. The number of aromatic nitrogens is 1. The number of nitrogens with zero attached hydrogens (tertiary/aromatic N) is 2. The van der Waals surface area contributed by atoms with Gasteiger partial charge < -0.3 is 15.0 Å². The summed E-state index contributed by atoms with van der Waals surface area (Å²) < 4.78 is 5.00. The van der Waals surface area contributed by atoms with Crippen molar-refractivity contribution in [1.82, 2.24) is 15.2 Å². The lowest BCUT2D eigenvalue weighted by atomic mass is 10.1. The Bertz CT molecular complexity index is 863. The lowest BCUT2D eigenvalue weighted by Crippen LogP contribution is -2.46. The number of aryl methyl sites for hydroxylation is 1. The highest BCUT2D eigenvalue weighted by atomic mass is 32.1. The van der Waals surface area contributed by atoms with Crippen LogP contribution in [0.5, 0.6) is 0 Å². The Hall–Kier alpha value is -2.94. The standard InChI is InChI=1S/C21H26N4O4S/c1-2-29-21(28)25-12-10-16(11-13-25)22-18(26)9-8-17-14-30-20(23-17)24-19(27)15-6-4-3-5-7-15/h3-7,14,16H,2,8-13H2,1H3,(H,22,26)(H,23,24,27). The van der Waals surface area contributed by atoms with E-state index in [0.29, 0.717) is 43.2 Å². The Morgan fingerprint density at radius 3 is 2.63 bits per heavy atom. The quantitative estimate of drug-likeness (QED) is 0.703. The van der Waals surface area contributed by atoms with Crippen LogP contribution in [0.25, 0.3) is 0 Å². The smallest absolute Gasteiger partial charge is 0.409 e. The van der Waals surface area contributed by atoms with Gasteiger partial charge in [0, 0.05) is 36.5 Å². The molecule has 1 fully saturated rings. The molecule has 2 N–H and O–H groups in total. The highest BCUT2D eigenvalue weighted by molar-refractivity contribution is 7.14. The molecule has 1 aromatic carbocycles. The first-order valence-electron chi connectivity index (χ1n) is 10.1. The molecular formula is C21H26N4O4S. The fraction of sp³-hybridized carbons (Fsp3) is 0.429. The average molecular weight is 431 g/mol. The molecule has 0 spiro atoms. The van der Waals surface area contributed by atoms with Gasteiger partial charge in [-0.3, -0.25) is 14.9 Å². The Labute approximate surface area is 179 Å². The molecule has 8 nitrogen and oxygen atoms in total. The van der Waals surface area contributed by atoms with Gasteiger partial charge >= 0.3 is 6.09 Å². The summed E-state index contributed by atoms with van der Waals surface area (Å²) in [7, 11) is 0. The molecule has 2 aromatic rings. The van der Waals surface area contributed by atoms with Gasteiger partial charge in [-0.15, -0.1) is 11.3 Å². The molecule has 0 aliphatic carbocycles. The van der Waals surface area contributed by atoms with Crippen molar-refractivity contribution >= 4 is 34.4 Å². The molecule has 1 aromatic heterocycles. The number of ether oxygens (including phenoxy) is 1. The van der Waals surface area contributed by atoms with Crippen molar-refractivity contribution in [3.8, 4) is 0 Å². The highest BCUT2D eigenvalue weighted by Gasteiger charge is 2.24. The first-order chi connectivity index (χ1) is 14.5. The number of likely N-dealkylation sites (tertiary alicyclic amines) is 1. The van der Waals surface area contributed by atoms with Crippen molar-refractivity contribution < 1.29 is 19.1 Å². The third-order valence-electron chi connectivity index (χ3n) is 4.80.